The summed E-state index contributed by atoms with van der Waals surface area (Å²) < 4.78 is 1.83. The molecule has 0 saturated carbocycles. The molecule has 2 heterocycles. The van der Waals surface area contributed by atoms with E-state index in [1.165, 1.54) is 6.07 Å². The van der Waals surface area contributed by atoms with Crippen molar-refractivity contribution in [3.05, 3.63) is 30.0 Å². The number of aromatic amines is 1. The Morgan fingerprint density at radius 1 is 1.69 bits per heavy atom. The Morgan fingerprint density at radius 3 is 3.06 bits per heavy atom. The van der Waals surface area contributed by atoms with Gasteiger partial charge >= 0.3 is 0 Å². The Kier molecular flexibility index (Phi) is 2.59. The Labute approximate surface area is 91.7 Å². The molecule has 0 saturated heterocycles. The summed E-state index contributed by atoms with van der Waals surface area (Å²) in [5, 5.41) is 8.91. The van der Waals surface area contributed by atoms with Crippen LogP contribution in [0, 0.1) is 0 Å². The quantitative estimate of drug-likeness (QED) is 0.658. The van der Waals surface area contributed by atoms with E-state index >= 15 is 0 Å². The van der Waals surface area contributed by atoms with Crippen LogP contribution < -0.4 is 11.1 Å². The van der Waals surface area contributed by atoms with E-state index in [9.17, 15) is 4.79 Å². The molecule has 0 radical (unpaired) electrons. The largest absolute Gasteiger partial charge is 0.382 e. The van der Waals surface area contributed by atoms with Crippen LogP contribution in [0.1, 0.15) is 16.3 Å². The van der Waals surface area contributed by atoms with Gasteiger partial charge in [-0.05, 0) is 0 Å². The topological polar surface area (TPSA) is 102 Å². The van der Waals surface area contributed by atoms with Crippen molar-refractivity contribution in [2.24, 2.45) is 7.05 Å². The average Bonchev–Trinajstić information content (AvgIpc) is 2.84. The lowest BCUT2D eigenvalue weighted by Crippen LogP contribution is -2.24. The standard InChI is InChI=1S/C9H12N6O/c1-15-3-2-11-8(15)5-12-9(16)6-4-7(10)14-13-6/h2-4H,5H2,1H3,(H,12,16)(H3,10,13,14). The molecule has 4 N–H and O–H groups in total. The van der Waals surface area contributed by atoms with Crippen LogP contribution in [0.25, 0.3) is 0 Å². The molecule has 2 aromatic rings. The Hall–Kier alpha value is -2.31. The fraction of sp³-hybridized carbons (Fsp3) is 0.222. The molecule has 2 aromatic heterocycles. The fourth-order valence-electron chi connectivity index (χ4n) is 1.27. The van der Waals surface area contributed by atoms with Crippen molar-refractivity contribution in [1.29, 1.82) is 0 Å². The average molecular weight is 220 g/mol. The zero-order valence-corrected chi connectivity index (χ0v) is 8.77. The Bertz CT molecular complexity index is 500. The number of amides is 1. The molecular weight excluding hydrogens is 208 g/mol. The summed E-state index contributed by atoms with van der Waals surface area (Å²) >= 11 is 0. The second-order valence-electron chi connectivity index (χ2n) is 3.34. The molecule has 0 aliphatic rings. The van der Waals surface area contributed by atoms with Gasteiger partial charge in [-0.3, -0.25) is 9.89 Å². The van der Waals surface area contributed by atoms with Crippen molar-refractivity contribution in [2.45, 2.75) is 6.54 Å². The van der Waals surface area contributed by atoms with Crippen LogP contribution in [-0.4, -0.2) is 25.7 Å². The fourth-order valence-corrected chi connectivity index (χ4v) is 1.27. The number of aryl methyl sites for hydroxylation is 1. The molecule has 84 valence electrons. The minimum absolute atomic E-state index is 0.257. The molecule has 0 unspecified atom stereocenters. The van der Waals surface area contributed by atoms with Crippen LogP contribution in [0.4, 0.5) is 5.82 Å². The summed E-state index contributed by atoms with van der Waals surface area (Å²) in [5.41, 5.74) is 5.73. The van der Waals surface area contributed by atoms with Gasteiger partial charge in [0.1, 0.15) is 17.3 Å². The number of carbonyl (C=O) groups is 1. The molecule has 0 aromatic carbocycles. The van der Waals surface area contributed by atoms with Gasteiger partial charge in [0.15, 0.2) is 0 Å². The van der Waals surface area contributed by atoms with Gasteiger partial charge in [0.2, 0.25) is 0 Å². The van der Waals surface area contributed by atoms with E-state index in [0.717, 1.165) is 5.82 Å². The predicted molar refractivity (Wildman–Crippen MR) is 57.4 cm³/mol. The summed E-state index contributed by atoms with van der Waals surface area (Å²) in [7, 11) is 1.86. The zero-order valence-electron chi connectivity index (χ0n) is 8.77. The maximum absolute atomic E-state index is 11.6. The lowest BCUT2D eigenvalue weighted by molar-refractivity contribution is 0.0944. The van der Waals surface area contributed by atoms with Crippen LogP contribution >= 0.6 is 0 Å². The van der Waals surface area contributed by atoms with Gasteiger partial charge in [0, 0.05) is 25.5 Å². The molecule has 7 heteroatoms. The van der Waals surface area contributed by atoms with E-state index in [-0.39, 0.29) is 5.91 Å². The van der Waals surface area contributed by atoms with Crippen LogP contribution in [0.5, 0.6) is 0 Å². The van der Waals surface area contributed by atoms with E-state index in [0.29, 0.717) is 18.1 Å². The lowest BCUT2D eigenvalue weighted by Gasteiger charge is -2.03. The highest BCUT2D eigenvalue weighted by molar-refractivity contribution is 5.92. The molecule has 1 amide bonds. The van der Waals surface area contributed by atoms with E-state index in [1.807, 2.05) is 17.8 Å². The third-order valence-electron chi connectivity index (χ3n) is 2.17. The zero-order chi connectivity index (χ0) is 11.5. The van der Waals surface area contributed by atoms with Crippen LogP contribution in [0.3, 0.4) is 0 Å². The summed E-state index contributed by atoms with van der Waals surface area (Å²) in [6.07, 6.45) is 3.49. The number of rotatable bonds is 3. The van der Waals surface area contributed by atoms with Crippen molar-refractivity contribution in [3.63, 3.8) is 0 Å². The molecule has 0 aliphatic heterocycles. The minimum atomic E-state index is -0.257. The Morgan fingerprint density at radius 2 is 2.50 bits per heavy atom. The van der Waals surface area contributed by atoms with Gasteiger partial charge in [-0.15, -0.1) is 0 Å². The molecule has 0 fully saturated rings. The summed E-state index contributed by atoms with van der Waals surface area (Å²) in [5.74, 6) is 0.815. The number of aromatic nitrogens is 4. The maximum atomic E-state index is 11.6. The van der Waals surface area contributed by atoms with Crippen LogP contribution in [-0.2, 0) is 13.6 Å². The maximum Gasteiger partial charge on any atom is 0.269 e. The van der Waals surface area contributed by atoms with Crippen LogP contribution in [0.2, 0.25) is 0 Å². The second kappa shape index (κ2) is 4.05. The monoisotopic (exact) mass is 220 g/mol. The van der Waals surface area contributed by atoms with E-state index < -0.39 is 0 Å². The molecule has 2 rings (SSSR count). The summed E-state index contributed by atoms with van der Waals surface area (Å²) in [6, 6.07) is 1.48. The molecule has 16 heavy (non-hydrogen) atoms. The third-order valence-corrected chi connectivity index (χ3v) is 2.17. The second-order valence-corrected chi connectivity index (χ2v) is 3.34. The first-order valence-corrected chi connectivity index (χ1v) is 4.72. The van der Waals surface area contributed by atoms with Gasteiger partial charge in [-0.2, -0.15) is 5.10 Å². The predicted octanol–water partition coefficient (Wildman–Crippen LogP) is -0.345. The normalized spacial score (nSPS) is 10.3. The van der Waals surface area contributed by atoms with Crippen LogP contribution in [0.15, 0.2) is 18.5 Å². The number of H-pyrrole nitrogens is 1. The number of imidazole rings is 1. The lowest BCUT2D eigenvalue weighted by atomic mass is 10.4. The molecule has 7 nitrogen and oxygen atoms in total. The SMILES string of the molecule is Cn1ccnc1CNC(=O)c1cc(N)n[nH]1. The molecule has 0 aliphatic carbocycles. The van der Waals surface area contributed by atoms with Crippen molar-refractivity contribution >= 4 is 11.7 Å². The molecule has 0 atom stereocenters. The smallest absolute Gasteiger partial charge is 0.269 e. The third kappa shape index (κ3) is 2.02. The number of hydrogen-bond acceptors (Lipinski definition) is 4. The summed E-state index contributed by atoms with van der Waals surface area (Å²) in [4.78, 5) is 15.7. The van der Waals surface area contributed by atoms with Crippen molar-refractivity contribution in [1.82, 2.24) is 25.1 Å². The molecule has 0 spiro atoms. The first-order chi connectivity index (χ1) is 7.66. The van der Waals surface area contributed by atoms with E-state index in [4.69, 9.17) is 5.73 Å². The van der Waals surface area contributed by atoms with Gasteiger partial charge in [-0.1, -0.05) is 0 Å². The van der Waals surface area contributed by atoms with Crippen molar-refractivity contribution in [3.8, 4) is 0 Å². The summed E-state index contributed by atoms with van der Waals surface area (Å²) in [6.45, 7) is 0.362. The highest BCUT2D eigenvalue weighted by atomic mass is 16.1. The molecular formula is C9H12N6O. The first kappa shape index (κ1) is 10.2. The van der Waals surface area contributed by atoms with Crippen molar-refractivity contribution < 1.29 is 4.79 Å². The minimum Gasteiger partial charge on any atom is -0.382 e. The highest BCUT2D eigenvalue weighted by Crippen LogP contribution is 2.00. The van der Waals surface area contributed by atoms with Crippen molar-refractivity contribution in [2.75, 3.05) is 5.73 Å². The number of nitrogens with two attached hydrogens (primary N) is 1. The first-order valence-electron chi connectivity index (χ1n) is 4.72. The number of anilines is 1. The highest BCUT2D eigenvalue weighted by Gasteiger charge is 2.09. The van der Waals surface area contributed by atoms with Gasteiger partial charge < -0.3 is 15.6 Å². The number of nitrogens with one attached hydrogen (secondary N) is 2. The van der Waals surface area contributed by atoms with Gasteiger partial charge in [0.05, 0.1) is 6.54 Å². The number of carbonyl (C=O) groups excluding carboxylic acids is 1. The molecule has 0 bridgehead atoms. The van der Waals surface area contributed by atoms with Gasteiger partial charge in [0.25, 0.3) is 5.91 Å². The number of nitrogen functional groups attached to an aromatic ring is 1. The number of hydrogen-bond donors (Lipinski definition) is 3. The number of nitrogens with zero attached hydrogens (tertiary/aromatic N) is 3. The van der Waals surface area contributed by atoms with E-state index in [2.05, 4.69) is 20.5 Å². The van der Waals surface area contributed by atoms with E-state index in [1.54, 1.807) is 6.20 Å². The van der Waals surface area contributed by atoms with Gasteiger partial charge in [-0.25, -0.2) is 4.98 Å². The Balaban J connectivity index is 1.96.